The molecule has 2 N–H and O–H groups in total. The maximum Gasteiger partial charge on any atom is 0.103 e. The van der Waals surface area contributed by atoms with Gasteiger partial charge in [-0.25, -0.2) is 0 Å². The molecular weight excluding hydrogens is 186 g/mol. The van der Waals surface area contributed by atoms with Gasteiger partial charge < -0.3 is 5.73 Å². The lowest BCUT2D eigenvalue weighted by molar-refractivity contribution is 1.27. The highest BCUT2D eigenvalue weighted by atomic mass is 14.7. The first-order valence-corrected chi connectivity index (χ1v) is 4.59. The van der Waals surface area contributed by atoms with Gasteiger partial charge in [-0.2, -0.15) is 5.26 Å². The van der Waals surface area contributed by atoms with Gasteiger partial charge in [-0.15, -0.1) is 0 Å². The number of aliphatic imine (C=N–C) groups is 1. The summed E-state index contributed by atoms with van der Waals surface area (Å²) in [5.41, 5.74) is 8.10. The van der Waals surface area contributed by atoms with Gasteiger partial charge in [0.2, 0.25) is 0 Å². The second-order valence-corrected chi connectivity index (χ2v) is 3.11. The molecule has 0 radical (unpaired) electrons. The largest absolute Gasteiger partial charge is 0.401 e. The molecule has 1 aromatic rings. The van der Waals surface area contributed by atoms with E-state index in [-0.39, 0.29) is 0 Å². The van der Waals surface area contributed by atoms with Crippen LogP contribution < -0.4 is 5.73 Å². The number of nitrogens with zero attached hydrogens (tertiary/aromatic N) is 2. The molecule has 0 saturated heterocycles. The zero-order valence-electron chi connectivity index (χ0n) is 8.86. The Balaban J connectivity index is 3.25. The van der Waals surface area contributed by atoms with Crippen LogP contribution in [0.15, 0.2) is 46.6 Å². The van der Waals surface area contributed by atoms with Crippen LogP contribution in [0.5, 0.6) is 0 Å². The molecule has 0 fully saturated rings. The van der Waals surface area contributed by atoms with Crippen LogP contribution >= 0.6 is 0 Å². The van der Waals surface area contributed by atoms with Crippen LogP contribution in [0.25, 0.3) is 0 Å². The summed E-state index contributed by atoms with van der Waals surface area (Å²) in [6, 6.07) is 11.6. The van der Waals surface area contributed by atoms with Crippen molar-refractivity contribution < 1.29 is 0 Å². The first-order chi connectivity index (χ1) is 7.20. The quantitative estimate of drug-likeness (QED) is 0.583. The van der Waals surface area contributed by atoms with E-state index in [1.165, 1.54) is 0 Å². The molecule has 0 unspecified atom stereocenters. The van der Waals surface area contributed by atoms with E-state index in [1.54, 1.807) is 14.0 Å². The fourth-order valence-corrected chi connectivity index (χ4v) is 1.31. The molecule has 0 aliphatic heterocycles. The third-order valence-electron chi connectivity index (χ3n) is 2.01. The number of allylic oxidation sites excluding steroid dienone is 2. The lowest BCUT2D eigenvalue weighted by atomic mass is 10.0. The van der Waals surface area contributed by atoms with E-state index in [0.717, 1.165) is 5.56 Å². The Morgan fingerprint density at radius 1 is 1.33 bits per heavy atom. The first kappa shape index (κ1) is 11.0. The smallest absolute Gasteiger partial charge is 0.103 e. The van der Waals surface area contributed by atoms with Gasteiger partial charge in [-0.05, 0) is 6.92 Å². The average molecular weight is 199 g/mol. The maximum atomic E-state index is 8.99. The van der Waals surface area contributed by atoms with Crippen LogP contribution in [0.3, 0.4) is 0 Å². The number of hydrogen-bond acceptors (Lipinski definition) is 3. The normalized spacial score (nSPS) is 13.0. The number of benzene rings is 1. The summed E-state index contributed by atoms with van der Waals surface area (Å²) < 4.78 is 0. The lowest BCUT2D eigenvalue weighted by Gasteiger charge is -2.05. The second kappa shape index (κ2) is 4.97. The number of rotatable bonds is 2. The second-order valence-electron chi connectivity index (χ2n) is 3.11. The zero-order chi connectivity index (χ0) is 11.3. The highest BCUT2D eigenvalue weighted by Crippen LogP contribution is 2.10. The maximum absolute atomic E-state index is 8.99. The summed E-state index contributed by atoms with van der Waals surface area (Å²) in [5, 5.41) is 8.99. The van der Waals surface area contributed by atoms with E-state index in [2.05, 4.69) is 11.1 Å². The van der Waals surface area contributed by atoms with Crippen molar-refractivity contribution in [3.8, 4) is 6.07 Å². The molecule has 0 aliphatic carbocycles. The third-order valence-corrected chi connectivity index (χ3v) is 2.01. The molecule has 0 aromatic heterocycles. The van der Waals surface area contributed by atoms with Crippen molar-refractivity contribution in [1.29, 1.82) is 5.26 Å². The van der Waals surface area contributed by atoms with Gasteiger partial charge in [-0.1, -0.05) is 30.3 Å². The Morgan fingerprint density at radius 3 is 2.33 bits per heavy atom. The zero-order valence-corrected chi connectivity index (χ0v) is 8.86. The van der Waals surface area contributed by atoms with E-state index in [0.29, 0.717) is 17.0 Å². The van der Waals surface area contributed by atoms with Crippen molar-refractivity contribution in [2.45, 2.75) is 6.92 Å². The fourth-order valence-electron chi connectivity index (χ4n) is 1.31. The molecule has 0 saturated carbocycles. The fraction of sp³-hybridized carbons (Fsp3) is 0.167. The van der Waals surface area contributed by atoms with Crippen molar-refractivity contribution in [1.82, 2.24) is 0 Å². The van der Waals surface area contributed by atoms with Crippen molar-refractivity contribution in [3.05, 3.63) is 47.2 Å². The van der Waals surface area contributed by atoms with Crippen LogP contribution in [0.1, 0.15) is 12.5 Å². The topological polar surface area (TPSA) is 62.2 Å². The van der Waals surface area contributed by atoms with Gasteiger partial charge in [0.05, 0.1) is 11.3 Å². The third kappa shape index (κ3) is 2.44. The first-order valence-electron chi connectivity index (χ1n) is 4.59. The lowest BCUT2D eigenvalue weighted by Crippen LogP contribution is -2.09. The van der Waals surface area contributed by atoms with E-state index in [9.17, 15) is 0 Å². The van der Waals surface area contributed by atoms with Crippen LogP contribution in [0.4, 0.5) is 0 Å². The SMILES string of the molecule is CN=C(/C(C#N)=C(/C)N)c1ccccc1. The van der Waals surface area contributed by atoms with E-state index >= 15 is 0 Å². The number of hydrogen-bond donors (Lipinski definition) is 1. The highest BCUT2D eigenvalue weighted by Gasteiger charge is 2.10. The molecule has 0 heterocycles. The molecule has 3 nitrogen and oxygen atoms in total. The molecule has 15 heavy (non-hydrogen) atoms. The average Bonchev–Trinajstić information content (AvgIpc) is 2.26. The number of nitriles is 1. The molecule has 0 atom stereocenters. The van der Waals surface area contributed by atoms with Gasteiger partial charge in [0.15, 0.2) is 0 Å². The molecule has 3 heteroatoms. The molecular formula is C12H13N3. The summed E-state index contributed by atoms with van der Waals surface area (Å²) in [6.45, 7) is 1.70. The molecule has 0 spiro atoms. The van der Waals surface area contributed by atoms with Gasteiger partial charge in [-0.3, -0.25) is 4.99 Å². The Bertz CT molecular complexity index is 432. The van der Waals surface area contributed by atoms with Crippen molar-refractivity contribution in [2.24, 2.45) is 10.7 Å². The minimum Gasteiger partial charge on any atom is -0.401 e. The summed E-state index contributed by atoms with van der Waals surface area (Å²) in [4.78, 5) is 4.11. The highest BCUT2D eigenvalue weighted by molar-refractivity contribution is 6.15. The van der Waals surface area contributed by atoms with Crippen molar-refractivity contribution in [2.75, 3.05) is 7.05 Å². The summed E-state index contributed by atoms with van der Waals surface area (Å²) >= 11 is 0. The van der Waals surface area contributed by atoms with E-state index in [4.69, 9.17) is 11.0 Å². The molecule has 0 amide bonds. The van der Waals surface area contributed by atoms with E-state index < -0.39 is 0 Å². The summed E-state index contributed by atoms with van der Waals surface area (Å²) in [5.74, 6) is 0. The predicted molar refractivity (Wildman–Crippen MR) is 61.4 cm³/mol. The Hall–Kier alpha value is -2.08. The molecule has 1 aromatic carbocycles. The molecule has 0 aliphatic rings. The Labute approximate surface area is 89.6 Å². The van der Waals surface area contributed by atoms with Crippen LogP contribution in [-0.2, 0) is 0 Å². The van der Waals surface area contributed by atoms with Gasteiger partial charge in [0.25, 0.3) is 0 Å². The van der Waals surface area contributed by atoms with Gasteiger partial charge in [0.1, 0.15) is 6.07 Å². The Morgan fingerprint density at radius 2 is 1.93 bits per heavy atom. The van der Waals surface area contributed by atoms with Crippen LogP contribution in [-0.4, -0.2) is 12.8 Å². The van der Waals surface area contributed by atoms with Crippen LogP contribution in [0.2, 0.25) is 0 Å². The minimum absolute atomic E-state index is 0.434. The predicted octanol–water partition coefficient (Wildman–Crippen LogP) is 1.86. The minimum atomic E-state index is 0.434. The Kier molecular flexibility index (Phi) is 3.64. The van der Waals surface area contributed by atoms with Crippen LogP contribution in [0, 0.1) is 11.3 Å². The number of nitrogens with two attached hydrogens (primary N) is 1. The van der Waals surface area contributed by atoms with Crippen molar-refractivity contribution in [3.63, 3.8) is 0 Å². The monoisotopic (exact) mass is 199 g/mol. The van der Waals surface area contributed by atoms with Gasteiger partial charge in [0, 0.05) is 18.3 Å². The van der Waals surface area contributed by atoms with Crippen molar-refractivity contribution >= 4 is 5.71 Å². The van der Waals surface area contributed by atoms with E-state index in [1.807, 2.05) is 30.3 Å². The molecule has 1 rings (SSSR count). The molecule has 76 valence electrons. The summed E-state index contributed by atoms with van der Waals surface area (Å²) in [7, 11) is 1.66. The standard InChI is InChI=1S/C12H13N3/c1-9(14)11(8-13)12(15-2)10-6-4-3-5-7-10/h3-7H,14H2,1-2H3/b11-9-,15-12?. The molecule has 0 bridgehead atoms. The summed E-state index contributed by atoms with van der Waals surface area (Å²) in [6.07, 6.45) is 0. The van der Waals surface area contributed by atoms with Gasteiger partial charge >= 0.3 is 0 Å².